The fourth-order valence-corrected chi connectivity index (χ4v) is 1.85. The molecule has 2 rings (SSSR count). The van der Waals surface area contributed by atoms with Gasteiger partial charge in [-0.3, -0.25) is 14.9 Å². The summed E-state index contributed by atoms with van der Waals surface area (Å²) in [6, 6.07) is 11.3. The van der Waals surface area contributed by atoms with Gasteiger partial charge in [0.25, 0.3) is 11.6 Å². The highest BCUT2D eigenvalue weighted by molar-refractivity contribution is 5.92. The lowest BCUT2D eigenvalue weighted by molar-refractivity contribution is -0.384. The number of non-ortho nitro benzene ring substituents is 1. The van der Waals surface area contributed by atoms with E-state index in [9.17, 15) is 14.9 Å². The molecule has 0 aliphatic rings. The van der Waals surface area contributed by atoms with Crippen molar-refractivity contribution in [1.29, 1.82) is 0 Å². The van der Waals surface area contributed by atoms with Crippen LogP contribution in [0.1, 0.15) is 11.1 Å². The number of hydrogen-bond donors (Lipinski definition) is 1. The topological polar surface area (TPSA) is 81.5 Å². The number of nitrogens with zero attached hydrogens (tertiary/aromatic N) is 1. The van der Waals surface area contributed by atoms with Crippen LogP contribution in [0.25, 0.3) is 0 Å². The maximum absolute atomic E-state index is 11.8. The summed E-state index contributed by atoms with van der Waals surface area (Å²) >= 11 is 0. The van der Waals surface area contributed by atoms with E-state index in [0.29, 0.717) is 11.4 Å². The van der Waals surface area contributed by atoms with E-state index in [1.807, 2.05) is 26.0 Å². The number of anilines is 1. The Morgan fingerprint density at radius 2 is 1.95 bits per heavy atom. The van der Waals surface area contributed by atoms with E-state index in [1.54, 1.807) is 12.1 Å². The molecule has 0 atom stereocenters. The van der Waals surface area contributed by atoms with Crippen molar-refractivity contribution in [3.05, 3.63) is 63.7 Å². The minimum Gasteiger partial charge on any atom is -0.484 e. The van der Waals surface area contributed by atoms with E-state index in [0.717, 1.165) is 11.1 Å². The Kier molecular flexibility index (Phi) is 4.73. The summed E-state index contributed by atoms with van der Waals surface area (Å²) in [7, 11) is 0. The number of benzene rings is 2. The van der Waals surface area contributed by atoms with Crippen molar-refractivity contribution in [2.75, 3.05) is 11.9 Å². The smallest absolute Gasteiger partial charge is 0.271 e. The summed E-state index contributed by atoms with van der Waals surface area (Å²) in [6.07, 6.45) is 0. The lowest BCUT2D eigenvalue weighted by atomic mass is 10.1. The van der Waals surface area contributed by atoms with Gasteiger partial charge in [-0.05, 0) is 43.2 Å². The van der Waals surface area contributed by atoms with Crippen LogP contribution >= 0.6 is 0 Å². The largest absolute Gasteiger partial charge is 0.484 e. The minimum atomic E-state index is -0.513. The Bertz CT molecular complexity index is 713. The highest BCUT2D eigenvalue weighted by atomic mass is 16.6. The number of carbonyl (C=O) groups is 1. The van der Waals surface area contributed by atoms with Crippen molar-refractivity contribution in [2.24, 2.45) is 0 Å². The predicted molar refractivity (Wildman–Crippen MR) is 83.1 cm³/mol. The third-order valence-corrected chi connectivity index (χ3v) is 3.19. The van der Waals surface area contributed by atoms with Crippen LogP contribution in [0.2, 0.25) is 0 Å². The maximum Gasteiger partial charge on any atom is 0.271 e. The average Bonchev–Trinajstić information content (AvgIpc) is 2.49. The van der Waals surface area contributed by atoms with Crippen LogP contribution in [0, 0.1) is 24.0 Å². The minimum absolute atomic E-state index is 0.0760. The molecule has 0 radical (unpaired) electrons. The molecular formula is C16H16N2O4. The number of ether oxygens (including phenoxy) is 1. The average molecular weight is 300 g/mol. The number of nitrogens with one attached hydrogen (secondary N) is 1. The van der Waals surface area contributed by atoms with Crippen molar-refractivity contribution in [2.45, 2.75) is 13.8 Å². The van der Waals surface area contributed by atoms with Gasteiger partial charge in [-0.15, -0.1) is 0 Å². The molecule has 0 fully saturated rings. The van der Waals surface area contributed by atoms with Crippen LogP contribution in [-0.4, -0.2) is 17.4 Å². The molecule has 6 nitrogen and oxygen atoms in total. The van der Waals surface area contributed by atoms with Gasteiger partial charge in [0, 0.05) is 17.8 Å². The van der Waals surface area contributed by atoms with Crippen molar-refractivity contribution in [3.8, 4) is 5.75 Å². The van der Waals surface area contributed by atoms with Crippen molar-refractivity contribution < 1.29 is 14.5 Å². The van der Waals surface area contributed by atoms with E-state index in [2.05, 4.69) is 5.32 Å². The Morgan fingerprint density at radius 3 is 2.64 bits per heavy atom. The van der Waals surface area contributed by atoms with Gasteiger partial charge < -0.3 is 10.1 Å². The van der Waals surface area contributed by atoms with Crippen LogP contribution in [0.4, 0.5) is 11.4 Å². The zero-order valence-corrected chi connectivity index (χ0v) is 12.3. The molecule has 0 saturated heterocycles. The van der Waals surface area contributed by atoms with Crippen molar-refractivity contribution in [1.82, 2.24) is 0 Å². The zero-order valence-electron chi connectivity index (χ0n) is 12.3. The van der Waals surface area contributed by atoms with Crippen molar-refractivity contribution in [3.63, 3.8) is 0 Å². The first-order chi connectivity index (χ1) is 10.5. The number of hydrogen-bond acceptors (Lipinski definition) is 4. The fourth-order valence-electron chi connectivity index (χ4n) is 1.85. The third kappa shape index (κ3) is 4.05. The number of rotatable bonds is 5. The first-order valence-corrected chi connectivity index (χ1v) is 6.70. The van der Waals surface area contributed by atoms with Crippen LogP contribution in [0.3, 0.4) is 0 Å². The summed E-state index contributed by atoms with van der Waals surface area (Å²) in [6.45, 7) is 3.80. The molecule has 0 saturated carbocycles. The number of carbonyl (C=O) groups excluding carboxylic acids is 1. The van der Waals surface area contributed by atoms with Gasteiger partial charge in [0.05, 0.1) is 4.92 Å². The zero-order chi connectivity index (χ0) is 16.1. The number of nitro groups is 1. The van der Waals surface area contributed by atoms with E-state index >= 15 is 0 Å². The lowest BCUT2D eigenvalue weighted by Gasteiger charge is -2.09. The standard InChI is InChI=1S/C16H16N2O4/c1-11-6-7-15(8-12(11)2)22-10-16(19)17-13-4-3-5-14(9-13)18(20)21/h3-9H,10H2,1-2H3,(H,17,19). The summed E-state index contributed by atoms with van der Waals surface area (Å²) in [5.41, 5.74) is 2.51. The molecule has 0 spiro atoms. The van der Waals surface area contributed by atoms with E-state index in [1.165, 1.54) is 18.2 Å². The summed E-state index contributed by atoms with van der Waals surface area (Å²) in [4.78, 5) is 22.0. The SMILES string of the molecule is Cc1ccc(OCC(=O)Nc2cccc([N+](=O)[O-])c2)cc1C. The summed E-state index contributed by atoms with van der Waals surface area (Å²) < 4.78 is 5.41. The second-order valence-electron chi connectivity index (χ2n) is 4.89. The van der Waals surface area contributed by atoms with Gasteiger partial charge in [-0.25, -0.2) is 0 Å². The van der Waals surface area contributed by atoms with Gasteiger partial charge in [0.2, 0.25) is 0 Å². The molecule has 22 heavy (non-hydrogen) atoms. The fraction of sp³-hybridized carbons (Fsp3) is 0.188. The Morgan fingerprint density at radius 1 is 1.18 bits per heavy atom. The highest BCUT2D eigenvalue weighted by Crippen LogP contribution is 2.18. The first kappa shape index (κ1) is 15.5. The van der Waals surface area contributed by atoms with Crippen LogP contribution < -0.4 is 10.1 Å². The molecule has 0 aliphatic carbocycles. The van der Waals surface area contributed by atoms with Crippen LogP contribution in [-0.2, 0) is 4.79 Å². The monoisotopic (exact) mass is 300 g/mol. The van der Waals surface area contributed by atoms with Gasteiger partial charge >= 0.3 is 0 Å². The molecule has 2 aromatic rings. The van der Waals surface area contributed by atoms with Gasteiger partial charge in [-0.1, -0.05) is 12.1 Å². The quantitative estimate of drug-likeness (QED) is 0.679. The van der Waals surface area contributed by atoms with E-state index in [-0.39, 0.29) is 18.2 Å². The summed E-state index contributed by atoms with van der Waals surface area (Å²) in [5.74, 6) is 0.232. The molecule has 0 aliphatic heterocycles. The van der Waals surface area contributed by atoms with Crippen LogP contribution in [0.15, 0.2) is 42.5 Å². The molecule has 1 N–H and O–H groups in total. The second-order valence-corrected chi connectivity index (χ2v) is 4.89. The molecule has 114 valence electrons. The molecule has 2 aromatic carbocycles. The number of aryl methyl sites for hydroxylation is 2. The lowest BCUT2D eigenvalue weighted by Crippen LogP contribution is -2.20. The molecule has 0 bridgehead atoms. The van der Waals surface area contributed by atoms with Crippen LogP contribution in [0.5, 0.6) is 5.75 Å². The van der Waals surface area contributed by atoms with Gasteiger partial charge in [0.1, 0.15) is 5.75 Å². The Balaban J connectivity index is 1.94. The number of amides is 1. The van der Waals surface area contributed by atoms with E-state index < -0.39 is 4.92 Å². The summed E-state index contributed by atoms with van der Waals surface area (Å²) in [5, 5.41) is 13.2. The molecule has 0 unspecified atom stereocenters. The second kappa shape index (κ2) is 6.71. The molecule has 0 heterocycles. The first-order valence-electron chi connectivity index (χ1n) is 6.70. The Labute approximate surface area is 127 Å². The molecule has 0 aromatic heterocycles. The molecular weight excluding hydrogens is 284 g/mol. The normalized spacial score (nSPS) is 10.1. The van der Waals surface area contributed by atoms with E-state index in [4.69, 9.17) is 4.74 Å². The predicted octanol–water partition coefficient (Wildman–Crippen LogP) is 3.23. The maximum atomic E-state index is 11.8. The van der Waals surface area contributed by atoms with Gasteiger partial charge in [-0.2, -0.15) is 0 Å². The highest BCUT2D eigenvalue weighted by Gasteiger charge is 2.09. The van der Waals surface area contributed by atoms with Crippen molar-refractivity contribution >= 4 is 17.3 Å². The molecule has 1 amide bonds. The Hall–Kier alpha value is -2.89. The third-order valence-electron chi connectivity index (χ3n) is 3.19. The number of nitro benzene ring substituents is 1. The van der Waals surface area contributed by atoms with Gasteiger partial charge in [0.15, 0.2) is 6.61 Å². The molecule has 6 heteroatoms.